The Morgan fingerprint density at radius 3 is 2.42 bits per heavy atom. The first-order valence-electron chi connectivity index (χ1n) is 8.45. The molecule has 0 aromatic heterocycles. The third-order valence-corrected chi connectivity index (χ3v) is 5.22. The highest BCUT2D eigenvalue weighted by Crippen LogP contribution is 2.40. The number of aryl methyl sites for hydroxylation is 2. The molecule has 2 atom stereocenters. The van der Waals surface area contributed by atoms with Crippen molar-refractivity contribution in [2.75, 3.05) is 5.32 Å². The van der Waals surface area contributed by atoms with Crippen LogP contribution in [0.2, 0.25) is 10.0 Å². The summed E-state index contributed by atoms with van der Waals surface area (Å²) in [6.45, 7) is 4.20. The van der Waals surface area contributed by atoms with Crippen LogP contribution >= 0.6 is 23.2 Å². The zero-order valence-corrected chi connectivity index (χ0v) is 16.1. The number of hydrogen-bond acceptors (Lipinski definition) is 2. The summed E-state index contributed by atoms with van der Waals surface area (Å²) >= 11 is 12.3. The molecule has 2 aromatic carbocycles. The van der Waals surface area contributed by atoms with Crippen molar-refractivity contribution in [1.82, 2.24) is 5.32 Å². The average molecular weight is 391 g/mol. The number of carbonyl (C=O) groups is 2. The largest absolute Gasteiger partial charge is 0.352 e. The molecule has 136 valence electrons. The lowest BCUT2D eigenvalue weighted by Crippen LogP contribution is -2.27. The van der Waals surface area contributed by atoms with Gasteiger partial charge in [-0.3, -0.25) is 9.59 Å². The second kappa shape index (κ2) is 7.68. The molecule has 1 aliphatic carbocycles. The van der Waals surface area contributed by atoms with Gasteiger partial charge in [-0.25, -0.2) is 0 Å². The summed E-state index contributed by atoms with van der Waals surface area (Å²) in [5, 5.41) is 6.84. The van der Waals surface area contributed by atoms with E-state index in [9.17, 15) is 9.59 Å². The number of carbonyl (C=O) groups excluding carboxylic acids is 2. The van der Waals surface area contributed by atoms with Crippen LogP contribution in [0, 0.1) is 25.7 Å². The molecular weight excluding hydrogens is 371 g/mol. The molecule has 2 aromatic rings. The summed E-state index contributed by atoms with van der Waals surface area (Å²) in [5.41, 5.74) is 3.41. The fourth-order valence-corrected chi connectivity index (χ4v) is 3.59. The number of benzene rings is 2. The Morgan fingerprint density at radius 2 is 1.73 bits per heavy atom. The van der Waals surface area contributed by atoms with Crippen LogP contribution < -0.4 is 10.6 Å². The first-order chi connectivity index (χ1) is 12.4. The monoisotopic (exact) mass is 390 g/mol. The Kier molecular flexibility index (Phi) is 5.54. The highest BCUT2D eigenvalue weighted by atomic mass is 35.5. The molecule has 0 spiro atoms. The third kappa shape index (κ3) is 4.19. The Morgan fingerprint density at radius 1 is 1.04 bits per heavy atom. The molecule has 1 saturated carbocycles. The van der Waals surface area contributed by atoms with Crippen molar-refractivity contribution in [1.29, 1.82) is 0 Å². The summed E-state index contributed by atoms with van der Waals surface area (Å²) < 4.78 is 0. The van der Waals surface area contributed by atoms with E-state index in [2.05, 4.69) is 10.6 Å². The molecule has 0 aliphatic heterocycles. The van der Waals surface area contributed by atoms with Gasteiger partial charge >= 0.3 is 0 Å². The van der Waals surface area contributed by atoms with Crippen molar-refractivity contribution in [3.8, 4) is 0 Å². The van der Waals surface area contributed by atoms with E-state index < -0.39 is 0 Å². The SMILES string of the molecule is Cc1cc(C)c(NC(=O)C2CC2C(=O)NCc2ccccc2Cl)c(Cl)c1. The van der Waals surface area contributed by atoms with Gasteiger partial charge in [-0.15, -0.1) is 0 Å². The van der Waals surface area contributed by atoms with Gasteiger partial charge in [0.15, 0.2) is 0 Å². The number of amides is 2. The van der Waals surface area contributed by atoms with Crippen LogP contribution in [0.1, 0.15) is 23.1 Å². The maximum absolute atomic E-state index is 12.4. The van der Waals surface area contributed by atoms with Gasteiger partial charge in [0.1, 0.15) is 0 Å². The first-order valence-corrected chi connectivity index (χ1v) is 9.21. The number of hydrogen-bond donors (Lipinski definition) is 2. The predicted molar refractivity (Wildman–Crippen MR) is 104 cm³/mol. The van der Waals surface area contributed by atoms with E-state index in [-0.39, 0.29) is 23.7 Å². The van der Waals surface area contributed by atoms with E-state index in [1.54, 1.807) is 6.07 Å². The van der Waals surface area contributed by atoms with Crippen LogP contribution in [0.3, 0.4) is 0 Å². The van der Waals surface area contributed by atoms with Crippen molar-refractivity contribution in [3.05, 3.63) is 63.1 Å². The van der Waals surface area contributed by atoms with Crippen LogP contribution in [0.4, 0.5) is 5.69 Å². The Balaban J connectivity index is 1.56. The number of nitrogens with one attached hydrogen (secondary N) is 2. The van der Waals surface area contributed by atoms with Crippen LogP contribution in [0.25, 0.3) is 0 Å². The van der Waals surface area contributed by atoms with Crippen LogP contribution in [0.15, 0.2) is 36.4 Å². The first kappa shape index (κ1) is 18.7. The lowest BCUT2D eigenvalue weighted by molar-refractivity contribution is -0.125. The molecule has 2 N–H and O–H groups in total. The molecule has 2 amide bonds. The minimum Gasteiger partial charge on any atom is -0.352 e. The van der Waals surface area contributed by atoms with Gasteiger partial charge in [-0.05, 0) is 49.1 Å². The maximum atomic E-state index is 12.4. The van der Waals surface area contributed by atoms with Crippen molar-refractivity contribution < 1.29 is 9.59 Å². The number of rotatable bonds is 5. The predicted octanol–water partition coefficient (Wildman–Crippen LogP) is 4.50. The number of anilines is 1. The maximum Gasteiger partial charge on any atom is 0.228 e. The van der Waals surface area contributed by atoms with Crippen molar-refractivity contribution >= 4 is 40.7 Å². The van der Waals surface area contributed by atoms with Gasteiger partial charge in [-0.2, -0.15) is 0 Å². The minimum atomic E-state index is -0.321. The molecule has 1 aliphatic rings. The molecule has 3 rings (SSSR count). The molecule has 1 fully saturated rings. The molecule has 0 saturated heterocycles. The summed E-state index contributed by atoms with van der Waals surface area (Å²) in [5.74, 6) is -0.923. The van der Waals surface area contributed by atoms with E-state index in [1.807, 2.05) is 44.2 Å². The Labute approximate surface area is 162 Å². The van der Waals surface area contributed by atoms with Gasteiger partial charge < -0.3 is 10.6 Å². The summed E-state index contributed by atoms with van der Waals surface area (Å²) in [7, 11) is 0. The smallest absolute Gasteiger partial charge is 0.228 e. The van der Waals surface area contributed by atoms with Crippen molar-refractivity contribution in [2.45, 2.75) is 26.8 Å². The lowest BCUT2D eigenvalue weighted by atomic mass is 10.1. The second-order valence-corrected chi connectivity index (χ2v) is 7.50. The Bertz CT molecular complexity index is 844. The van der Waals surface area contributed by atoms with Gasteiger partial charge in [0.05, 0.1) is 22.5 Å². The molecule has 4 nitrogen and oxygen atoms in total. The summed E-state index contributed by atoms with van der Waals surface area (Å²) in [6.07, 6.45) is 0.544. The van der Waals surface area contributed by atoms with E-state index in [0.29, 0.717) is 28.7 Å². The van der Waals surface area contributed by atoms with Crippen LogP contribution in [-0.4, -0.2) is 11.8 Å². The highest BCUT2D eigenvalue weighted by Gasteiger charge is 2.48. The summed E-state index contributed by atoms with van der Waals surface area (Å²) in [6, 6.07) is 11.1. The molecule has 0 heterocycles. The summed E-state index contributed by atoms with van der Waals surface area (Å²) in [4.78, 5) is 24.7. The van der Waals surface area contributed by atoms with Gasteiger partial charge in [0.2, 0.25) is 11.8 Å². The molecule has 0 radical (unpaired) electrons. The topological polar surface area (TPSA) is 58.2 Å². The van der Waals surface area contributed by atoms with Crippen molar-refractivity contribution in [3.63, 3.8) is 0 Å². The standard InChI is InChI=1S/C20H20Cl2N2O2/c1-11-7-12(2)18(17(22)8-11)24-20(26)15-9-14(15)19(25)23-10-13-5-3-4-6-16(13)21/h3-8,14-15H,9-10H2,1-2H3,(H,23,25)(H,24,26). The third-order valence-electron chi connectivity index (χ3n) is 4.55. The highest BCUT2D eigenvalue weighted by molar-refractivity contribution is 6.34. The van der Waals surface area contributed by atoms with Crippen molar-refractivity contribution in [2.24, 2.45) is 11.8 Å². The normalized spacial score (nSPS) is 18.3. The van der Waals surface area contributed by atoms with Gasteiger partial charge in [-0.1, -0.05) is 47.5 Å². The number of halogens is 2. The second-order valence-electron chi connectivity index (χ2n) is 6.69. The quantitative estimate of drug-likeness (QED) is 0.789. The fraction of sp³-hybridized carbons (Fsp3) is 0.300. The zero-order chi connectivity index (χ0) is 18.8. The van der Waals surface area contributed by atoms with Crippen LogP contribution in [0.5, 0.6) is 0 Å². The van der Waals surface area contributed by atoms with Gasteiger partial charge in [0, 0.05) is 11.6 Å². The van der Waals surface area contributed by atoms with E-state index >= 15 is 0 Å². The fourth-order valence-electron chi connectivity index (χ4n) is 3.02. The average Bonchev–Trinajstić information content (AvgIpc) is 3.38. The molecule has 6 heteroatoms. The van der Waals surface area contributed by atoms with E-state index in [4.69, 9.17) is 23.2 Å². The minimum absolute atomic E-state index is 0.128. The van der Waals surface area contributed by atoms with Crippen LogP contribution in [-0.2, 0) is 16.1 Å². The lowest BCUT2D eigenvalue weighted by Gasteiger charge is -2.11. The zero-order valence-electron chi connectivity index (χ0n) is 14.6. The van der Waals surface area contributed by atoms with Gasteiger partial charge in [0.25, 0.3) is 0 Å². The molecular formula is C20H20Cl2N2O2. The van der Waals surface area contributed by atoms with E-state index in [0.717, 1.165) is 16.7 Å². The molecule has 26 heavy (non-hydrogen) atoms. The molecule has 0 bridgehead atoms. The Hall–Kier alpha value is -2.04. The van der Waals surface area contributed by atoms with E-state index in [1.165, 1.54) is 0 Å². The molecule has 2 unspecified atom stereocenters.